The molecule has 1 aliphatic heterocycles. The van der Waals surface area contributed by atoms with Crippen LogP contribution in [0.2, 0.25) is 0 Å². The maximum Gasteiger partial charge on any atom is 0.326 e. The van der Waals surface area contributed by atoms with E-state index in [0.717, 1.165) is 41.1 Å². The maximum atomic E-state index is 15.3. The van der Waals surface area contributed by atoms with Gasteiger partial charge in [0.15, 0.2) is 0 Å². The maximum absolute atomic E-state index is 15.3. The SMILES string of the molecule is CC1C(O)CN(C(=O)c2cc(C3CC3)c(OCC34CC5CC(CC(C5)C3)C4)cc2F)[C@@H]1C(=O)O. The Kier molecular flexibility index (Phi) is 5.21. The van der Waals surface area contributed by atoms with E-state index in [-0.39, 0.29) is 23.4 Å². The summed E-state index contributed by atoms with van der Waals surface area (Å²) in [6, 6.07) is 1.75. The lowest BCUT2D eigenvalue weighted by Gasteiger charge is -2.56. The van der Waals surface area contributed by atoms with E-state index < -0.39 is 35.8 Å². The number of amides is 1. The fraction of sp³-hybridized carbons (Fsp3) is 0.704. The van der Waals surface area contributed by atoms with Crippen molar-refractivity contribution < 1.29 is 28.9 Å². The van der Waals surface area contributed by atoms with Gasteiger partial charge in [0.1, 0.15) is 17.6 Å². The molecule has 3 atom stereocenters. The van der Waals surface area contributed by atoms with Crippen LogP contribution < -0.4 is 4.74 Å². The average Bonchev–Trinajstić information content (AvgIpc) is 3.56. The monoisotopic (exact) mass is 471 g/mol. The first-order valence-electron chi connectivity index (χ1n) is 12.9. The molecule has 4 bridgehead atoms. The van der Waals surface area contributed by atoms with Gasteiger partial charge in [-0.1, -0.05) is 6.92 Å². The van der Waals surface area contributed by atoms with Crippen LogP contribution in [0.4, 0.5) is 4.39 Å². The lowest BCUT2D eigenvalue weighted by Crippen LogP contribution is -2.48. The summed E-state index contributed by atoms with van der Waals surface area (Å²) in [5.41, 5.74) is 0.933. The highest BCUT2D eigenvalue weighted by Crippen LogP contribution is 2.60. The quantitative estimate of drug-likeness (QED) is 0.649. The molecule has 2 N–H and O–H groups in total. The number of likely N-dealkylation sites (tertiary alicyclic amines) is 1. The van der Waals surface area contributed by atoms with Gasteiger partial charge in [0.2, 0.25) is 0 Å². The third kappa shape index (κ3) is 3.71. The molecule has 6 fully saturated rings. The second kappa shape index (κ2) is 7.94. The molecule has 1 saturated heterocycles. The van der Waals surface area contributed by atoms with Crippen molar-refractivity contribution in [3.63, 3.8) is 0 Å². The van der Waals surface area contributed by atoms with Crippen LogP contribution in [0.25, 0.3) is 0 Å². The number of ether oxygens (including phenoxy) is 1. The molecule has 1 aromatic carbocycles. The Morgan fingerprint density at radius 3 is 2.29 bits per heavy atom. The van der Waals surface area contributed by atoms with Crippen LogP contribution in [0.15, 0.2) is 12.1 Å². The number of β-amino-alcohol motifs (C(OH)–C–C–N with tert-alkyl or cyclic N) is 1. The number of aliphatic carboxylic acids is 1. The van der Waals surface area contributed by atoms with E-state index in [1.54, 1.807) is 13.0 Å². The summed E-state index contributed by atoms with van der Waals surface area (Å²) in [6.45, 7) is 2.10. The zero-order valence-corrected chi connectivity index (χ0v) is 19.7. The van der Waals surface area contributed by atoms with Crippen LogP contribution in [0.3, 0.4) is 0 Å². The number of hydrogen-bond acceptors (Lipinski definition) is 4. The van der Waals surface area contributed by atoms with Gasteiger partial charge >= 0.3 is 5.97 Å². The Labute approximate surface area is 199 Å². The van der Waals surface area contributed by atoms with E-state index in [2.05, 4.69) is 0 Å². The Hall–Kier alpha value is -2.15. The highest BCUT2D eigenvalue weighted by Gasteiger charge is 2.51. The van der Waals surface area contributed by atoms with Crippen LogP contribution in [0.5, 0.6) is 5.75 Å². The minimum atomic E-state index is -1.18. The van der Waals surface area contributed by atoms with Crippen molar-refractivity contribution in [2.75, 3.05) is 13.2 Å². The molecule has 6 aliphatic rings. The average molecular weight is 472 g/mol. The largest absolute Gasteiger partial charge is 0.493 e. The number of carboxylic acid groups (broad SMARTS) is 1. The highest BCUT2D eigenvalue weighted by atomic mass is 19.1. The van der Waals surface area contributed by atoms with Crippen LogP contribution in [-0.4, -0.2) is 52.3 Å². The van der Waals surface area contributed by atoms with Gasteiger partial charge < -0.3 is 19.8 Å². The Balaban J connectivity index is 1.25. The number of nitrogens with zero attached hydrogens (tertiary/aromatic N) is 1. The van der Waals surface area contributed by atoms with Crippen molar-refractivity contribution in [2.45, 2.75) is 76.4 Å². The molecule has 0 aromatic heterocycles. The fourth-order valence-electron chi connectivity index (χ4n) is 7.97. The number of hydrogen-bond donors (Lipinski definition) is 2. The first kappa shape index (κ1) is 22.3. The summed E-state index contributed by atoms with van der Waals surface area (Å²) in [5.74, 6) is 0.0652. The molecule has 1 heterocycles. The van der Waals surface area contributed by atoms with E-state index in [4.69, 9.17) is 4.74 Å². The number of carbonyl (C=O) groups is 2. The summed E-state index contributed by atoms with van der Waals surface area (Å²) in [4.78, 5) is 26.1. The van der Waals surface area contributed by atoms with E-state index in [9.17, 15) is 19.8 Å². The zero-order valence-electron chi connectivity index (χ0n) is 19.7. The molecule has 1 aromatic rings. The molecule has 34 heavy (non-hydrogen) atoms. The Morgan fingerprint density at radius 1 is 1.12 bits per heavy atom. The number of aliphatic hydroxyl groups excluding tert-OH is 1. The van der Waals surface area contributed by atoms with Crippen LogP contribution >= 0.6 is 0 Å². The number of carboxylic acids is 1. The van der Waals surface area contributed by atoms with Crippen LogP contribution in [0, 0.1) is 34.9 Å². The topological polar surface area (TPSA) is 87.1 Å². The van der Waals surface area contributed by atoms with Crippen molar-refractivity contribution in [3.8, 4) is 5.75 Å². The lowest BCUT2D eigenvalue weighted by atomic mass is 9.50. The molecule has 5 saturated carbocycles. The smallest absolute Gasteiger partial charge is 0.326 e. The molecule has 0 spiro atoms. The molecule has 5 aliphatic carbocycles. The number of carbonyl (C=O) groups excluding carboxylic acids is 1. The van der Waals surface area contributed by atoms with E-state index >= 15 is 4.39 Å². The van der Waals surface area contributed by atoms with Gasteiger partial charge in [-0.2, -0.15) is 0 Å². The molecule has 2 unspecified atom stereocenters. The third-order valence-electron chi connectivity index (χ3n) is 9.38. The fourth-order valence-corrected chi connectivity index (χ4v) is 7.97. The van der Waals surface area contributed by atoms with Gasteiger partial charge in [0.25, 0.3) is 5.91 Å². The molecular weight excluding hydrogens is 437 g/mol. The number of benzene rings is 1. The van der Waals surface area contributed by atoms with Crippen molar-refractivity contribution in [2.24, 2.45) is 29.1 Å². The zero-order chi connectivity index (χ0) is 23.8. The van der Waals surface area contributed by atoms with Crippen molar-refractivity contribution in [3.05, 3.63) is 29.1 Å². The van der Waals surface area contributed by atoms with Crippen molar-refractivity contribution in [1.82, 2.24) is 4.90 Å². The molecule has 6 nitrogen and oxygen atoms in total. The molecule has 184 valence electrons. The molecule has 1 amide bonds. The van der Waals surface area contributed by atoms with E-state index in [0.29, 0.717) is 12.4 Å². The predicted molar refractivity (Wildman–Crippen MR) is 122 cm³/mol. The third-order valence-corrected chi connectivity index (χ3v) is 9.38. The minimum Gasteiger partial charge on any atom is -0.493 e. The van der Waals surface area contributed by atoms with Gasteiger partial charge in [-0.3, -0.25) is 4.79 Å². The minimum absolute atomic E-state index is 0.112. The van der Waals surface area contributed by atoms with Crippen molar-refractivity contribution >= 4 is 11.9 Å². The van der Waals surface area contributed by atoms with Gasteiger partial charge in [-0.25, -0.2) is 9.18 Å². The molecule has 0 radical (unpaired) electrons. The molecule has 7 rings (SSSR count). The van der Waals surface area contributed by atoms with Gasteiger partial charge in [-0.05, 0) is 86.7 Å². The standard InChI is InChI=1S/C27H34FNO5/c1-14-22(30)12-29(24(14)26(32)33)25(31)20-7-19(18-2-3-18)23(8-21(20)28)34-13-27-9-15-4-16(10-27)6-17(5-15)11-27/h7-8,14-18,22,24,30H,2-6,9-13H2,1H3,(H,32,33)/t14?,15?,16?,17?,22?,24-,27?/m0/s1. The first-order valence-corrected chi connectivity index (χ1v) is 12.9. The van der Waals surface area contributed by atoms with Gasteiger partial charge in [0.05, 0.1) is 18.3 Å². The van der Waals surface area contributed by atoms with Crippen LogP contribution in [0.1, 0.15) is 80.1 Å². The summed E-state index contributed by atoms with van der Waals surface area (Å²) in [7, 11) is 0. The summed E-state index contributed by atoms with van der Waals surface area (Å²) < 4.78 is 21.6. The number of halogens is 1. The van der Waals surface area contributed by atoms with E-state index in [1.165, 1.54) is 44.6 Å². The summed E-state index contributed by atoms with van der Waals surface area (Å²) in [5, 5.41) is 19.8. The molecular formula is C27H34FNO5. The highest BCUT2D eigenvalue weighted by molar-refractivity contribution is 5.97. The lowest BCUT2D eigenvalue weighted by molar-refractivity contribution is -0.142. The summed E-state index contributed by atoms with van der Waals surface area (Å²) in [6.07, 6.45) is 8.72. The summed E-state index contributed by atoms with van der Waals surface area (Å²) >= 11 is 0. The van der Waals surface area contributed by atoms with E-state index in [1.807, 2.05) is 0 Å². The second-order valence-electron chi connectivity index (χ2n) is 12.0. The van der Waals surface area contributed by atoms with Gasteiger partial charge in [-0.15, -0.1) is 0 Å². The molecule has 7 heteroatoms. The van der Waals surface area contributed by atoms with Gasteiger partial charge in [0, 0.05) is 23.9 Å². The Bertz CT molecular complexity index is 985. The Morgan fingerprint density at radius 2 is 1.74 bits per heavy atom. The normalized spacial score (nSPS) is 38.4. The van der Waals surface area contributed by atoms with Crippen molar-refractivity contribution in [1.29, 1.82) is 0 Å². The second-order valence-corrected chi connectivity index (χ2v) is 12.0. The predicted octanol–water partition coefficient (Wildman–Crippen LogP) is 4.20. The number of aliphatic hydroxyl groups is 1. The van der Waals surface area contributed by atoms with Crippen LogP contribution in [-0.2, 0) is 4.79 Å². The number of rotatable bonds is 6. The first-order chi connectivity index (χ1) is 16.2.